The van der Waals surface area contributed by atoms with E-state index in [1.165, 1.54) is 0 Å². The molecule has 2 aliphatic carbocycles. The number of fused-ring (bicyclic) bond motifs is 3. The fourth-order valence-corrected chi connectivity index (χ4v) is 6.27. The van der Waals surface area contributed by atoms with E-state index in [-0.39, 0.29) is 37.5 Å². The molecule has 3 N–H and O–H groups in total. The lowest BCUT2D eigenvalue weighted by Gasteiger charge is -2.54. The number of carbonyl (C=O) groups excluding carboxylic acids is 4. The summed E-state index contributed by atoms with van der Waals surface area (Å²) in [6, 6.07) is -3.82. The van der Waals surface area contributed by atoms with E-state index in [0.29, 0.717) is 32.2 Å². The third kappa shape index (κ3) is 6.27. The molecule has 0 aromatic rings. The van der Waals surface area contributed by atoms with Crippen molar-refractivity contribution in [1.29, 1.82) is 5.26 Å². The molecule has 5 rings (SSSR count). The summed E-state index contributed by atoms with van der Waals surface area (Å²) in [6.45, 7) is 0.489. The van der Waals surface area contributed by atoms with Crippen LogP contribution in [0.4, 0.5) is 22.0 Å². The van der Waals surface area contributed by atoms with Gasteiger partial charge in [0, 0.05) is 24.9 Å². The van der Waals surface area contributed by atoms with Gasteiger partial charge in [0.25, 0.3) is 5.92 Å². The highest BCUT2D eigenvalue weighted by atomic mass is 19.4. The zero-order valence-electron chi connectivity index (χ0n) is 21.2. The van der Waals surface area contributed by atoms with Crippen LogP contribution >= 0.6 is 0 Å². The molecule has 5 aliphatic rings. The van der Waals surface area contributed by atoms with Gasteiger partial charge in [0.05, 0.1) is 12.0 Å². The standard InChI is InChI=1S/C25H32F5N5O4/c26-24(27)11-16-6-7-17(24)19(21(37)33-15(12-31)10-14-5-2-8-32-20(14)36)35(16)22(38)18(9-13-3-1-4-13)34-23(39)25(28,29)30/h13-19H,1-11H2,(H,32,36)(H,33,37)(H,34,39)/t14-,15-,16-,17-,18+,19+/m0/s1. The van der Waals surface area contributed by atoms with Crippen molar-refractivity contribution in [3.8, 4) is 6.07 Å². The summed E-state index contributed by atoms with van der Waals surface area (Å²) >= 11 is 0. The first-order chi connectivity index (χ1) is 18.3. The number of halogens is 5. The Morgan fingerprint density at radius 1 is 1.08 bits per heavy atom. The van der Waals surface area contributed by atoms with Crippen LogP contribution in [0.5, 0.6) is 0 Å². The van der Waals surface area contributed by atoms with E-state index in [1.807, 2.05) is 6.07 Å². The number of hydrogen-bond acceptors (Lipinski definition) is 5. The molecule has 0 unspecified atom stereocenters. The third-order valence-electron chi connectivity index (χ3n) is 8.51. The van der Waals surface area contributed by atoms with Crippen LogP contribution in [0, 0.1) is 29.1 Å². The Morgan fingerprint density at radius 2 is 1.79 bits per heavy atom. The average molecular weight is 562 g/mol. The smallest absolute Gasteiger partial charge is 0.356 e. The van der Waals surface area contributed by atoms with Crippen molar-refractivity contribution in [2.24, 2.45) is 17.8 Å². The first-order valence-corrected chi connectivity index (χ1v) is 13.4. The van der Waals surface area contributed by atoms with Crippen molar-refractivity contribution in [3.05, 3.63) is 0 Å². The van der Waals surface area contributed by atoms with Crippen molar-refractivity contribution in [2.75, 3.05) is 6.54 Å². The molecular weight excluding hydrogens is 529 g/mol. The molecule has 3 heterocycles. The number of hydrogen-bond donors (Lipinski definition) is 3. The summed E-state index contributed by atoms with van der Waals surface area (Å²) in [7, 11) is 0. The van der Waals surface area contributed by atoms with Crippen molar-refractivity contribution in [2.45, 2.75) is 100 Å². The lowest BCUT2D eigenvalue weighted by Crippen LogP contribution is -2.71. The van der Waals surface area contributed by atoms with Crippen molar-refractivity contribution >= 4 is 23.6 Å². The quantitative estimate of drug-likeness (QED) is 0.391. The molecule has 0 aromatic heterocycles. The molecule has 2 bridgehead atoms. The highest BCUT2D eigenvalue weighted by Gasteiger charge is 2.61. The monoisotopic (exact) mass is 561 g/mol. The van der Waals surface area contributed by atoms with Gasteiger partial charge < -0.3 is 20.9 Å². The number of carbonyl (C=O) groups is 4. The number of amides is 4. The summed E-state index contributed by atoms with van der Waals surface area (Å²) in [6.07, 6.45) is -2.84. The van der Waals surface area contributed by atoms with Crippen molar-refractivity contribution in [3.63, 3.8) is 0 Å². The second-order valence-corrected chi connectivity index (χ2v) is 11.1. The second-order valence-electron chi connectivity index (χ2n) is 11.1. The van der Waals surface area contributed by atoms with Gasteiger partial charge in [-0.15, -0.1) is 0 Å². The molecule has 6 atom stereocenters. The van der Waals surface area contributed by atoms with E-state index >= 15 is 0 Å². The van der Waals surface area contributed by atoms with Crippen molar-refractivity contribution < 1.29 is 41.1 Å². The largest absolute Gasteiger partial charge is 0.471 e. The zero-order valence-corrected chi connectivity index (χ0v) is 21.2. The van der Waals surface area contributed by atoms with Gasteiger partial charge in [0.2, 0.25) is 17.7 Å². The molecule has 0 spiro atoms. The number of rotatable bonds is 8. The topological polar surface area (TPSA) is 131 Å². The Kier molecular flexibility index (Phi) is 8.37. The predicted octanol–water partition coefficient (Wildman–Crippen LogP) is 2.16. The molecule has 0 aromatic carbocycles. The Bertz CT molecular complexity index is 1030. The molecule has 4 amide bonds. The average Bonchev–Trinajstić information content (AvgIpc) is 2.84. The molecule has 39 heavy (non-hydrogen) atoms. The van der Waals surface area contributed by atoms with Gasteiger partial charge in [-0.2, -0.15) is 18.4 Å². The molecule has 216 valence electrons. The van der Waals surface area contributed by atoms with E-state index < -0.39 is 72.2 Å². The fraction of sp³-hybridized carbons (Fsp3) is 0.800. The Balaban J connectivity index is 1.57. The third-order valence-corrected chi connectivity index (χ3v) is 8.51. The van der Waals surface area contributed by atoms with Crippen LogP contribution in [0.2, 0.25) is 0 Å². The van der Waals surface area contributed by atoms with Crippen LogP contribution in [0.3, 0.4) is 0 Å². The van der Waals surface area contributed by atoms with Crippen LogP contribution in [-0.4, -0.2) is 71.3 Å². The number of nitrogens with one attached hydrogen (secondary N) is 3. The number of nitrogens with zero attached hydrogens (tertiary/aromatic N) is 2. The first-order valence-electron chi connectivity index (χ1n) is 13.4. The van der Waals surface area contributed by atoms with Crippen LogP contribution in [0.25, 0.3) is 0 Å². The minimum Gasteiger partial charge on any atom is -0.356 e. The van der Waals surface area contributed by atoms with E-state index in [2.05, 4.69) is 10.6 Å². The molecule has 9 nitrogen and oxygen atoms in total. The fourth-order valence-electron chi connectivity index (χ4n) is 6.27. The van der Waals surface area contributed by atoms with E-state index in [9.17, 15) is 46.4 Å². The van der Waals surface area contributed by atoms with E-state index in [0.717, 1.165) is 11.3 Å². The van der Waals surface area contributed by atoms with Crippen LogP contribution in [0.1, 0.15) is 64.2 Å². The molecule has 3 saturated heterocycles. The molecule has 5 fully saturated rings. The summed E-state index contributed by atoms with van der Waals surface area (Å²) in [5.41, 5.74) is 0. The van der Waals surface area contributed by atoms with Gasteiger partial charge >= 0.3 is 12.1 Å². The van der Waals surface area contributed by atoms with Gasteiger partial charge in [0.1, 0.15) is 18.1 Å². The number of alkyl halides is 5. The van der Waals surface area contributed by atoms with Gasteiger partial charge in [-0.05, 0) is 44.4 Å². The highest BCUT2D eigenvalue weighted by molar-refractivity contribution is 5.94. The summed E-state index contributed by atoms with van der Waals surface area (Å²) in [5, 5.41) is 16.4. The maximum atomic E-state index is 15.0. The number of nitriles is 1. The minimum atomic E-state index is -5.26. The maximum Gasteiger partial charge on any atom is 0.471 e. The Morgan fingerprint density at radius 3 is 2.36 bits per heavy atom. The lowest BCUT2D eigenvalue weighted by molar-refractivity contribution is -0.196. The van der Waals surface area contributed by atoms with E-state index in [1.54, 1.807) is 5.32 Å². The normalized spacial score (nSPS) is 29.8. The summed E-state index contributed by atoms with van der Waals surface area (Å²) < 4.78 is 69.1. The molecular formula is C25H32F5N5O4. The second kappa shape index (κ2) is 11.3. The van der Waals surface area contributed by atoms with Crippen LogP contribution in [0.15, 0.2) is 0 Å². The number of piperidine rings is 3. The highest BCUT2D eigenvalue weighted by Crippen LogP contribution is 2.49. The van der Waals surface area contributed by atoms with Gasteiger partial charge in [-0.1, -0.05) is 19.3 Å². The summed E-state index contributed by atoms with van der Waals surface area (Å²) in [5.74, 6) is -10.2. The van der Waals surface area contributed by atoms with Crippen molar-refractivity contribution in [1.82, 2.24) is 20.9 Å². The molecule has 0 radical (unpaired) electrons. The summed E-state index contributed by atoms with van der Waals surface area (Å²) in [4.78, 5) is 51.9. The Hall–Kier alpha value is -2.98. The van der Waals surface area contributed by atoms with Crippen LogP contribution in [-0.2, 0) is 19.2 Å². The SMILES string of the molecule is N#C[C@H](C[C@@H]1CCCNC1=O)NC(=O)[C@H]1[C@@H]2CC[C@@H](CC2(F)F)N1C(=O)[C@@H](CC1CCC1)NC(=O)C(F)(F)F. The van der Waals surface area contributed by atoms with Crippen LogP contribution < -0.4 is 16.0 Å². The predicted molar refractivity (Wildman–Crippen MR) is 125 cm³/mol. The molecule has 2 saturated carbocycles. The first kappa shape index (κ1) is 29.0. The maximum absolute atomic E-state index is 15.0. The molecule has 14 heteroatoms. The molecule has 3 aliphatic heterocycles. The van der Waals surface area contributed by atoms with Gasteiger partial charge in [-0.3, -0.25) is 19.2 Å². The minimum absolute atomic E-state index is 0.0504. The van der Waals surface area contributed by atoms with Gasteiger partial charge in [-0.25, -0.2) is 8.78 Å². The zero-order chi connectivity index (χ0) is 28.5. The lowest BCUT2D eigenvalue weighted by atomic mass is 9.71. The van der Waals surface area contributed by atoms with E-state index in [4.69, 9.17) is 0 Å². The Labute approximate surface area is 222 Å². The van der Waals surface area contributed by atoms with Gasteiger partial charge in [0.15, 0.2) is 0 Å².